The van der Waals surface area contributed by atoms with Crippen LogP contribution in [0, 0.1) is 0 Å². The summed E-state index contributed by atoms with van der Waals surface area (Å²) in [5, 5.41) is 9.93. The minimum atomic E-state index is -4.50. The van der Waals surface area contributed by atoms with Crippen molar-refractivity contribution in [3.63, 3.8) is 0 Å². The van der Waals surface area contributed by atoms with Crippen molar-refractivity contribution in [2.24, 2.45) is 0 Å². The number of alkyl halides is 3. The summed E-state index contributed by atoms with van der Waals surface area (Å²) in [6, 6.07) is 9.42. The second kappa shape index (κ2) is 4.56. The highest BCUT2D eigenvalue weighted by atomic mass is 19.4. The zero-order valence-corrected chi connectivity index (χ0v) is 10.5. The Morgan fingerprint density at radius 2 is 1.90 bits per heavy atom. The van der Waals surface area contributed by atoms with Gasteiger partial charge in [-0.1, -0.05) is 24.3 Å². The van der Waals surface area contributed by atoms with Crippen LogP contribution in [-0.2, 0) is 12.0 Å². The van der Waals surface area contributed by atoms with E-state index in [-0.39, 0.29) is 17.8 Å². The number of aromatic nitrogens is 2. The normalized spacial score (nSPS) is 22.4. The van der Waals surface area contributed by atoms with Crippen LogP contribution < -0.4 is 5.32 Å². The molecular weight excluding hydrogens is 267 g/mol. The summed E-state index contributed by atoms with van der Waals surface area (Å²) in [6.45, 7) is 0.243. The number of benzene rings is 1. The van der Waals surface area contributed by atoms with Crippen molar-refractivity contribution >= 4 is 0 Å². The van der Waals surface area contributed by atoms with Gasteiger partial charge in [0.25, 0.3) is 0 Å². The van der Waals surface area contributed by atoms with Gasteiger partial charge in [0.05, 0.1) is 5.69 Å². The lowest BCUT2D eigenvalue weighted by Gasteiger charge is -2.40. The molecule has 0 saturated heterocycles. The zero-order chi connectivity index (χ0) is 14.2. The molecule has 0 spiro atoms. The molecule has 1 unspecified atom stereocenters. The average Bonchev–Trinajstić information content (AvgIpc) is 2.46. The van der Waals surface area contributed by atoms with Gasteiger partial charge in [0.1, 0.15) is 0 Å². The molecule has 1 aliphatic heterocycles. The van der Waals surface area contributed by atoms with Gasteiger partial charge < -0.3 is 0 Å². The molecule has 0 fully saturated rings. The summed E-state index contributed by atoms with van der Waals surface area (Å²) in [6.07, 6.45) is -2.57. The second-order valence-corrected chi connectivity index (χ2v) is 4.69. The minimum absolute atomic E-state index is 0.125. The number of nitrogens with one attached hydrogen (secondary N) is 1. The zero-order valence-electron chi connectivity index (χ0n) is 10.5. The second-order valence-electron chi connectivity index (χ2n) is 4.69. The van der Waals surface area contributed by atoms with Crippen LogP contribution in [0.1, 0.15) is 16.8 Å². The monoisotopic (exact) mass is 279 g/mol. The SMILES string of the molecule is FC(F)(F)C1(c2cccnn2)NCCc2ccccc21. The lowest BCUT2D eigenvalue weighted by Crippen LogP contribution is -2.58. The molecule has 0 aliphatic carbocycles. The average molecular weight is 279 g/mol. The molecule has 1 aromatic carbocycles. The molecule has 2 heterocycles. The van der Waals surface area contributed by atoms with Crippen molar-refractivity contribution in [1.29, 1.82) is 0 Å². The summed E-state index contributed by atoms with van der Waals surface area (Å²) in [7, 11) is 0. The Kier molecular flexibility index (Phi) is 2.97. The first-order valence-electron chi connectivity index (χ1n) is 6.24. The fourth-order valence-electron chi connectivity index (χ4n) is 2.71. The molecule has 20 heavy (non-hydrogen) atoms. The predicted molar refractivity (Wildman–Crippen MR) is 67.0 cm³/mol. The van der Waals surface area contributed by atoms with Gasteiger partial charge in [0.2, 0.25) is 0 Å². The molecule has 0 amide bonds. The molecule has 6 heteroatoms. The number of halogens is 3. The van der Waals surface area contributed by atoms with E-state index in [1.165, 1.54) is 24.4 Å². The summed E-state index contributed by atoms with van der Waals surface area (Å²) in [4.78, 5) is 0. The molecule has 0 saturated carbocycles. The third-order valence-corrected chi connectivity index (χ3v) is 3.59. The smallest absolute Gasteiger partial charge is 0.294 e. The molecule has 1 aromatic heterocycles. The van der Waals surface area contributed by atoms with Gasteiger partial charge in [-0.05, 0) is 29.7 Å². The first kappa shape index (κ1) is 13.1. The Hall–Kier alpha value is -1.95. The summed E-state index contributed by atoms with van der Waals surface area (Å²) in [5.41, 5.74) is -1.51. The van der Waals surface area contributed by atoms with E-state index in [0.29, 0.717) is 12.0 Å². The van der Waals surface area contributed by atoms with E-state index in [0.717, 1.165) is 0 Å². The highest BCUT2D eigenvalue weighted by molar-refractivity contribution is 5.44. The summed E-state index contributed by atoms with van der Waals surface area (Å²) >= 11 is 0. The van der Waals surface area contributed by atoms with Crippen LogP contribution in [0.2, 0.25) is 0 Å². The van der Waals surface area contributed by atoms with E-state index in [4.69, 9.17) is 0 Å². The standard InChI is InChI=1S/C14H12F3N3/c15-14(16,17)13(12-6-3-8-19-20-12)11-5-2-1-4-10(11)7-9-18-13/h1-6,8,18H,7,9H2. The van der Waals surface area contributed by atoms with Gasteiger partial charge in [-0.2, -0.15) is 23.4 Å². The fourth-order valence-corrected chi connectivity index (χ4v) is 2.71. The lowest BCUT2D eigenvalue weighted by atomic mass is 9.79. The molecule has 3 rings (SSSR count). The molecule has 0 bridgehead atoms. The van der Waals surface area contributed by atoms with Crippen molar-refractivity contribution in [1.82, 2.24) is 15.5 Å². The first-order valence-corrected chi connectivity index (χ1v) is 6.24. The lowest BCUT2D eigenvalue weighted by molar-refractivity contribution is -0.190. The van der Waals surface area contributed by atoms with Gasteiger partial charge >= 0.3 is 6.18 Å². The van der Waals surface area contributed by atoms with Crippen LogP contribution in [0.15, 0.2) is 42.6 Å². The van der Waals surface area contributed by atoms with E-state index in [9.17, 15) is 13.2 Å². The van der Waals surface area contributed by atoms with Crippen LogP contribution in [0.3, 0.4) is 0 Å². The highest BCUT2D eigenvalue weighted by Crippen LogP contribution is 2.45. The number of fused-ring (bicyclic) bond motifs is 1. The van der Waals surface area contributed by atoms with Gasteiger partial charge in [-0.25, -0.2) is 0 Å². The third kappa shape index (κ3) is 1.79. The Morgan fingerprint density at radius 1 is 1.10 bits per heavy atom. The Bertz CT molecular complexity index is 613. The number of rotatable bonds is 1. The van der Waals surface area contributed by atoms with Crippen LogP contribution in [0.25, 0.3) is 0 Å². The quantitative estimate of drug-likeness (QED) is 0.871. The van der Waals surface area contributed by atoms with Crippen molar-refractivity contribution in [2.45, 2.75) is 18.1 Å². The molecular formula is C14H12F3N3. The van der Waals surface area contributed by atoms with Crippen LogP contribution in [0.4, 0.5) is 13.2 Å². The first-order chi connectivity index (χ1) is 9.56. The van der Waals surface area contributed by atoms with E-state index < -0.39 is 11.7 Å². The number of nitrogens with zero attached hydrogens (tertiary/aromatic N) is 2. The van der Waals surface area contributed by atoms with Crippen molar-refractivity contribution in [3.05, 3.63) is 59.4 Å². The van der Waals surface area contributed by atoms with Gasteiger partial charge in [-0.15, -0.1) is 0 Å². The van der Waals surface area contributed by atoms with Gasteiger partial charge in [0, 0.05) is 12.7 Å². The van der Waals surface area contributed by atoms with Crippen LogP contribution in [-0.4, -0.2) is 22.9 Å². The summed E-state index contributed by atoms with van der Waals surface area (Å²) < 4.78 is 41.5. The third-order valence-electron chi connectivity index (χ3n) is 3.59. The maximum absolute atomic E-state index is 13.8. The van der Waals surface area contributed by atoms with E-state index in [2.05, 4.69) is 15.5 Å². The van der Waals surface area contributed by atoms with Crippen molar-refractivity contribution in [3.8, 4) is 0 Å². The minimum Gasteiger partial charge on any atom is -0.294 e. The van der Waals surface area contributed by atoms with Gasteiger partial charge in [-0.3, -0.25) is 5.32 Å². The summed E-state index contributed by atoms with van der Waals surface area (Å²) in [5.74, 6) is 0. The Balaban J connectivity index is 2.29. The van der Waals surface area contributed by atoms with E-state index in [1.807, 2.05) is 0 Å². The number of hydrogen-bond donors (Lipinski definition) is 1. The molecule has 104 valence electrons. The largest absolute Gasteiger partial charge is 0.416 e. The molecule has 3 nitrogen and oxygen atoms in total. The predicted octanol–water partition coefficient (Wildman–Crippen LogP) is 2.43. The molecule has 0 radical (unpaired) electrons. The van der Waals surface area contributed by atoms with Crippen LogP contribution >= 0.6 is 0 Å². The van der Waals surface area contributed by atoms with Crippen LogP contribution in [0.5, 0.6) is 0 Å². The number of hydrogen-bond acceptors (Lipinski definition) is 3. The molecule has 1 aliphatic rings. The van der Waals surface area contributed by atoms with E-state index in [1.54, 1.807) is 18.2 Å². The highest BCUT2D eigenvalue weighted by Gasteiger charge is 2.60. The van der Waals surface area contributed by atoms with E-state index >= 15 is 0 Å². The molecule has 1 atom stereocenters. The maximum Gasteiger partial charge on any atom is 0.416 e. The molecule has 1 N–H and O–H groups in total. The van der Waals surface area contributed by atoms with Gasteiger partial charge in [0.15, 0.2) is 5.54 Å². The van der Waals surface area contributed by atoms with Crippen molar-refractivity contribution < 1.29 is 13.2 Å². The molecule has 2 aromatic rings. The fraction of sp³-hybridized carbons (Fsp3) is 0.286. The topological polar surface area (TPSA) is 37.8 Å². The van der Waals surface area contributed by atoms with Crippen molar-refractivity contribution in [2.75, 3.05) is 6.54 Å². The Morgan fingerprint density at radius 3 is 2.60 bits per heavy atom. The maximum atomic E-state index is 13.8. The Labute approximate surface area is 113 Å².